The second-order valence-electron chi connectivity index (χ2n) is 9.42. The summed E-state index contributed by atoms with van der Waals surface area (Å²) in [7, 11) is 0. The number of aromatic nitrogens is 3. The van der Waals surface area contributed by atoms with Crippen LogP contribution in [0.25, 0.3) is 5.57 Å². The van der Waals surface area contributed by atoms with Crippen molar-refractivity contribution in [3.8, 4) is 0 Å². The third-order valence-electron chi connectivity index (χ3n) is 6.67. The number of nitrogens with two attached hydrogens (primary N) is 1. The maximum absolute atomic E-state index is 12.0. The normalized spacial score (nSPS) is 12.1. The van der Waals surface area contributed by atoms with Crippen molar-refractivity contribution in [2.24, 2.45) is 11.8 Å². The van der Waals surface area contributed by atoms with Crippen LogP contribution in [0.15, 0.2) is 42.8 Å². The monoisotopic (exact) mass is 512 g/mol. The van der Waals surface area contributed by atoms with Crippen LogP contribution in [0.5, 0.6) is 0 Å². The van der Waals surface area contributed by atoms with E-state index in [-0.39, 0.29) is 5.92 Å². The van der Waals surface area contributed by atoms with Gasteiger partial charge in [-0.25, -0.2) is 24.5 Å². The first-order valence-electron chi connectivity index (χ1n) is 13.4. The maximum Gasteiger partial charge on any atom is 0.343 e. The van der Waals surface area contributed by atoms with Gasteiger partial charge in [-0.15, -0.1) is 0 Å². The van der Waals surface area contributed by atoms with Crippen molar-refractivity contribution in [2.45, 2.75) is 91.9 Å². The van der Waals surface area contributed by atoms with Crippen molar-refractivity contribution in [1.82, 2.24) is 15.0 Å². The number of unbranched alkanes of at least 4 members (excludes halogenated alkanes) is 2. The number of benzene rings is 1. The summed E-state index contributed by atoms with van der Waals surface area (Å²) in [5.41, 5.74) is 8.32. The summed E-state index contributed by atoms with van der Waals surface area (Å²) >= 11 is 0. The molecule has 0 radical (unpaired) electrons. The maximum atomic E-state index is 12.0. The van der Waals surface area contributed by atoms with Crippen LogP contribution < -0.4 is 5.73 Å². The van der Waals surface area contributed by atoms with Crippen LogP contribution in [0.3, 0.4) is 0 Å². The van der Waals surface area contributed by atoms with Gasteiger partial charge in [0.1, 0.15) is 24.6 Å². The highest BCUT2D eigenvalue weighted by atomic mass is 16.4. The van der Waals surface area contributed by atoms with Crippen LogP contribution in [-0.2, 0) is 16.0 Å². The third-order valence-corrected chi connectivity index (χ3v) is 6.67. The second kappa shape index (κ2) is 18.0. The number of carboxylic acids is 2. The van der Waals surface area contributed by atoms with Gasteiger partial charge in [0.2, 0.25) is 0 Å². The molecule has 4 N–H and O–H groups in total. The minimum atomic E-state index is -1.38. The summed E-state index contributed by atoms with van der Waals surface area (Å²) in [5.74, 6) is -2.06. The standard InChI is InChI=1S/C26H41NO4.C3H3N3/c1-5-9-11-18(7-3)15-20-17-21(27)13-14-22(20)23(24(25(28)29)26(30)31)16-19(8-4)12-10-6-2;1-4-2-6-3-5-1/h13-14,17-19H,5-12,15-16,27H2,1-4H3,(H,28,29)(H,30,31);1-3H. The fourth-order valence-corrected chi connectivity index (χ4v) is 4.46. The topological polar surface area (TPSA) is 139 Å². The number of hydrogen-bond donors (Lipinski definition) is 3. The van der Waals surface area contributed by atoms with E-state index in [0.29, 0.717) is 23.6 Å². The summed E-state index contributed by atoms with van der Waals surface area (Å²) < 4.78 is 0. The Balaban J connectivity index is 0.000000992. The minimum Gasteiger partial charge on any atom is -0.477 e. The van der Waals surface area contributed by atoms with Gasteiger partial charge in [0.05, 0.1) is 0 Å². The summed E-state index contributed by atoms with van der Waals surface area (Å²) in [6.45, 7) is 8.55. The zero-order valence-corrected chi connectivity index (χ0v) is 22.8. The Labute approximate surface area is 221 Å². The van der Waals surface area contributed by atoms with E-state index in [9.17, 15) is 19.8 Å². The Morgan fingerprint density at radius 1 is 0.838 bits per heavy atom. The molecule has 2 atom stereocenters. The van der Waals surface area contributed by atoms with Gasteiger partial charge in [0.15, 0.2) is 0 Å². The Hall–Kier alpha value is -3.29. The lowest BCUT2D eigenvalue weighted by Gasteiger charge is -2.23. The molecule has 0 aliphatic carbocycles. The molecule has 2 aromatic rings. The molecule has 1 aromatic carbocycles. The van der Waals surface area contributed by atoms with E-state index in [0.717, 1.165) is 68.9 Å². The molecule has 1 aromatic heterocycles. The van der Waals surface area contributed by atoms with Crippen LogP contribution >= 0.6 is 0 Å². The number of allylic oxidation sites excluding steroid dienone is 1. The molecule has 0 fully saturated rings. The summed E-state index contributed by atoms with van der Waals surface area (Å²) in [6.07, 6.45) is 13.9. The van der Waals surface area contributed by atoms with Gasteiger partial charge < -0.3 is 15.9 Å². The molecule has 0 saturated carbocycles. The lowest BCUT2D eigenvalue weighted by Crippen LogP contribution is -2.17. The molecule has 0 spiro atoms. The molecule has 8 nitrogen and oxygen atoms in total. The highest BCUT2D eigenvalue weighted by molar-refractivity contribution is 6.18. The SMILES string of the molecule is CCCCC(CC)CC(=C(C(=O)O)C(=O)O)c1ccc(N)cc1CC(CC)CCCC.c1ncncn1. The van der Waals surface area contributed by atoms with Gasteiger partial charge in [-0.1, -0.05) is 85.1 Å². The van der Waals surface area contributed by atoms with Crippen molar-refractivity contribution < 1.29 is 19.8 Å². The number of carbonyl (C=O) groups is 2. The number of aliphatic carboxylic acids is 2. The smallest absolute Gasteiger partial charge is 0.343 e. The van der Waals surface area contributed by atoms with Gasteiger partial charge in [-0.2, -0.15) is 0 Å². The molecule has 1 heterocycles. The van der Waals surface area contributed by atoms with Crippen molar-refractivity contribution in [3.05, 3.63) is 53.9 Å². The van der Waals surface area contributed by atoms with E-state index in [1.54, 1.807) is 6.07 Å². The Morgan fingerprint density at radius 2 is 1.35 bits per heavy atom. The van der Waals surface area contributed by atoms with Gasteiger partial charge in [0, 0.05) is 5.69 Å². The number of nitrogens with zero attached hydrogens (tertiary/aromatic N) is 3. The molecule has 204 valence electrons. The summed E-state index contributed by atoms with van der Waals surface area (Å²) in [6, 6.07) is 5.48. The van der Waals surface area contributed by atoms with E-state index in [1.165, 1.54) is 19.0 Å². The van der Waals surface area contributed by atoms with Gasteiger partial charge in [-0.05, 0) is 53.5 Å². The number of hydrogen-bond acceptors (Lipinski definition) is 6. The summed E-state index contributed by atoms with van der Waals surface area (Å²) in [4.78, 5) is 34.6. The number of rotatable bonds is 15. The van der Waals surface area contributed by atoms with Gasteiger partial charge >= 0.3 is 11.9 Å². The van der Waals surface area contributed by atoms with Crippen molar-refractivity contribution in [1.29, 1.82) is 0 Å². The number of nitrogen functional groups attached to an aromatic ring is 1. The molecular weight excluding hydrogens is 468 g/mol. The molecule has 0 saturated heterocycles. The first-order chi connectivity index (χ1) is 17.8. The molecule has 37 heavy (non-hydrogen) atoms. The lowest BCUT2D eigenvalue weighted by molar-refractivity contribution is -0.140. The first kappa shape index (κ1) is 31.7. The van der Waals surface area contributed by atoms with Crippen molar-refractivity contribution in [2.75, 3.05) is 5.73 Å². The highest BCUT2D eigenvalue weighted by Crippen LogP contribution is 2.35. The molecule has 0 aliphatic heterocycles. The third kappa shape index (κ3) is 11.5. The quantitative estimate of drug-likeness (QED) is 0.107. The minimum absolute atomic E-state index is 0.246. The number of anilines is 1. The summed E-state index contributed by atoms with van der Waals surface area (Å²) in [5, 5.41) is 19.5. The molecule has 8 heteroatoms. The van der Waals surface area contributed by atoms with E-state index in [1.807, 2.05) is 12.1 Å². The number of carboxylic acid groups (broad SMARTS) is 2. The predicted molar refractivity (Wildman–Crippen MR) is 148 cm³/mol. The van der Waals surface area contributed by atoms with Crippen molar-refractivity contribution >= 4 is 23.2 Å². The second-order valence-corrected chi connectivity index (χ2v) is 9.42. The molecule has 2 rings (SSSR count). The van der Waals surface area contributed by atoms with Gasteiger partial charge in [-0.3, -0.25) is 0 Å². The first-order valence-corrected chi connectivity index (χ1v) is 13.4. The molecular formula is C29H44N4O4. The average molecular weight is 513 g/mol. The van der Waals surface area contributed by atoms with E-state index >= 15 is 0 Å². The van der Waals surface area contributed by atoms with Crippen LogP contribution in [0.2, 0.25) is 0 Å². The van der Waals surface area contributed by atoms with E-state index < -0.39 is 17.5 Å². The Morgan fingerprint density at radius 3 is 1.78 bits per heavy atom. The lowest BCUT2D eigenvalue weighted by atomic mass is 9.82. The fraction of sp³-hybridized carbons (Fsp3) is 0.552. The molecule has 2 unspecified atom stereocenters. The van der Waals surface area contributed by atoms with Gasteiger partial charge in [0.25, 0.3) is 0 Å². The Bertz CT molecular complexity index is 936. The highest BCUT2D eigenvalue weighted by Gasteiger charge is 2.27. The zero-order chi connectivity index (χ0) is 27.6. The predicted octanol–water partition coefficient (Wildman–Crippen LogP) is 6.43. The molecule has 0 amide bonds. The zero-order valence-electron chi connectivity index (χ0n) is 22.8. The van der Waals surface area contributed by atoms with Crippen LogP contribution in [-0.4, -0.2) is 37.1 Å². The van der Waals surface area contributed by atoms with Crippen LogP contribution in [0.4, 0.5) is 5.69 Å². The largest absolute Gasteiger partial charge is 0.477 e. The average Bonchev–Trinajstić information content (AvgIpc) is 2.89. The van der Waals surface area contributed by atoms with Crippen LogP contribution in [0.1, 0.15) is 96.6 Å². The van der Waals surface area contributed by atoms with E-state index in [4.69, 9.17) is 5.73 Å². The molecule has 0 aliphatic rings. The van der Waals surface area contributed by atoms with Crippen LogP contribution in [0, 0.1) is 11.8 Å². The fourth-order valence-electron chi connectivity index (χ4n) is 4.46. The molecule has 0 bridgehead atoms. The Kier molecular flexibility index (Phi) is 15.5. The van der Waals surface area contributed by atoms with E-state index in [2.05, 4.69) is 42.6 Å². The van der Waals surface area contributed by atoms with Crippen molar-refractivity contribution in [3.63, 3.8) is 0 Å².